The Kier molecular flexibility index (Phi) is 2.68. The van der Waals surface area contributed by atoms with E-state index in [1.54, 1.807) is 22.8 Å². The van der Waals surface area contributed by atoms with Gasteiger partial charge in [-0.05, 0) is 17.7 Å². The fourth-order valence-electron chi connectivity index (χ4n) is 1.96. The van der Waals surface area contributed by atoms with E-state index in [9.17, 15) is 4.79 Å². The Hall–Kier alpha value is -2.00. The van der Waals surface area contributed by atoms with E-state index in [2.05, 4.69) is 0 Å². The largest absolute Gasteiger partial charge is 0.420 e. The van der Waals surface area contributed by atoms with Crippen LogP contribution in [0, 0.1) is 0 Å². The van der Waals surface area contributed by atoms with Crippen LogP contribution in [0.4, 0.5) is 0 Å². The highest BCUT2D eigenvalue weighted by Crippen LogP contribution is 2.19. The summed E-state index contributed by atoms with van der Waals surface area (Å²) in [4.78, 5) is 11.8. The van der Waals surface area contributed by atoms with Gasteiger partial charge in [-0.25, -0.2) is 4.79 Å². The number of nitrogens with zero attached hydrogens (tertiary/aromatic N) is 1. The summed E-state index contributed by atoms with van der Waals surface area (Å²) in [5.74, 6) is -0.365. The van der Waals surface area contributed by atoms with Crippen molar-refractivity contribution < 1.29 is 4.42 Å². The zero-order chi connectivity index (χ0) is 12.5. The molecule has 0 N–H and O–H groups in total. The number of rotatable bonds is 2. The van der Waals surface area contributed by atoms with Crippen LogP contribution in [0.15, 0.2) is 57.7 Å². The molecule has 0 amide bonds. The van der Waals surface area contributed by atoms with Gasteiger partial charge in [0.1, 0.15) is 0 Å². The van der Waals surface area contributed by atoms with Gasteiger partial charge >= 0.3 is 5.76 Å². The van der Waals surface area contributed by atoms with E-state index in [1.807, 2.05) is 30.3 Å². The second-order valence-corrected chi connectivity index (χ2v) is 4.49. The fraction of sp³-hybridized carbons (Fsp3) is 0.0714. The molecule has 2 aromatic carbocycles. The highest BCUT2D eigenvalue weighted by atomic mass is 35.5. The quantitative estimate of drug-likeness (QED) is 0.708. The Morgan fingerprint density at radius 3 is 2.67 bits per heavy atom. The van der Waals surface area contributed by atoms with E-state index in [4.69, 9.17) is 16.0 Å². The lowest BCUT2D eigenvalue weighted by Gasteiger charge is -2.02. The topological polar surface area (TPSA) is 35.1 Å². The van der Waals surface area contributed by atoms with Gasteiger partial charge in [0.2, 0.25) is 0 Å². The fourth-order valence-corrected chi connectivity index (χ4v) is 2.12. The van der Waals surface area contributed by atoms with Crippen LogP contribution in [0.25, 0.3) is 11.1 Å². The van der Waals surface area contributed by atoms with Crippen molar-refractivity contribution in [3.8, 4) is 0 Å². The molecule has 1 heterocycles. The summed E-state index contributed by atoms with van der Waals surface area (Å²) in [6.07, 6.45) is 0. The minimum Gasteiger partial charge on any atom is -0.408 e. The van der Waals surface area contributed by atoms with E-state index in [0.717, 1.165) is 11.1 Å². The zero-order valence-corrected chi connectivity index (χ0v) is 10.2. The maximum atomic E-state index is 11.8. The van der Waals surface area contributed by atoms with Crippen LogP contribution in [0.1, 0.15) is 5.56 Å². The van der Waals surface area contributed by atoms with E-state index in [0.29, 0.717) is 17.2 Å². The summed E-state index contributed by atoms with van der Waals surface area (Å²) >= 11 is 5.87. The summed E-state index contributed by atoms with van der Waals surface area (Å²) in [6.45, 7) is 0.494. The average Bonchev–Trinajstić information content (AvgIpc) is 2.66. The average molecular weight is 260 g/mol. The van der Waals surface area contributed by atoms with Gasteiger partial charge in [-0.3, -0.25) is 4.57 Å². The van der Waals surface area contributed by atoms with E-state index >= 15 is 0 Å². The predicted molar refractivity (Wildman–Crippen MR) is 71.0 cm³/mol. The number of halogens is 1. The van der Waals surface area contributed by atoms with Crippen LogP contribution in [0.3, 0.4) is 0 Å². The SMILES string of the molecule is O=c1oc2cc(Cl)ccc2n1Cc1ccccc1. The molecule has 0 aliphatic carbocycles. The van der Waals surface area contributed by atoms with E-state index in [1.165, 1.54) is 0 Å². The number of benzene rings is 2. The van der Waals surface area contributed by atoms with Crippen LogP contribution in [0.5, 0.6) is 0 Å². The minimum absolute atomic E-state index is 0.365. The summed E-state index contributed by atoms with van der Waals surface area (Å²) in [5, 5.41) is 0.558. The van der Waals surface area contributed by atoms with Crippen LogP contribution < -0.4 is 5.76 Å². The Balaban J connectivity index is 2.12. The molecule has 0 aliphatic rings. The Morgan fingerprint density at radius 2 is 1.89 bits per heavy atom. The van der Waals surface area contributed by atoms with Gasteiger partial charge in [-0.1, -0.05) is 41.9 Å². The second-order valence-electron chi connectivity index (χ2n) is 4.05. The number of hydrogen-bond donors (Lipinski definition) is 0. The minimum atomic E-state index is -0.365. The van der Waals surface area contributed by atoms with E-state index in [-0.39, 0.29) is 5.76 Å². The summed E-state index contributed by atoms with van der Waals surface area (Å²) in [7, 11) is 0. The molecule has 3 rings (SSSR count). The van der Waals surface area contributed by atoms with Gasteiger partial charge < -0.3 is 4.42 Å². The van der Waals surface area contributed by atoms with E-state index < -0.39 is 0 Å². The van der Waals surface area contributed by atoms with Crippen LogP contribution in [-0.2, 0) is 6.54 Å². The molecule has 18 heavy (non-hydrogen) atoms. The third-order valence-electron chi connectivity index (χ3n) is 2.81. The molecule has 4 heteroatoms. The zero-order valence-electron chi connectivity index (χ0n) is 9.47. The molecule has 1 aromatic heterocycles. The second kappa shape index (κ2) is 4.35. The molecule has 0 bridgehead atoms. The molecule has 0 fully saturated rings. The highest BCUT2D eigenvalue weighted by Gasteiger charge is 2.09. The first kappa shape index (κ1) is 11.1. The number of hydrogen-bond acceptors (Lipinski definition) is 2. The maximum Gasteiger partial charge on any atom is 0.420 e. The lowest BCUT2D eigenvalue weighted by atomic mass is 10.2. The van der Waals surface area contributed by atoms with Crippen molar-refractivity contribution in [2.24, 2.45) is 0 Å². The van der Waals surface area contributed by atoms with Crippen molar-refractivity contribution in [2.45, 2.75) is 6.54 Å². The third-order valence-corrected chi connectivity index (χ3v) is 3.05. The van der Waals surface area contributed by atoms with Gasteiger partial charge in [0.25, 0.3) is 0 Å². The monoisotopic (exact) mass is 259 g/mol. The molecule has 0 saturated carbocycles. The molecule has 0 saturated heterocycles. The molecule has 0 radical (unpaired) electrons. The van der Waals surface area contributed by atoms with Gasteiger partial charge in [0.15, 0.2) is 5.58 Å². The van der Waals surface area contributed by atoms with Gasteiger partial charge in [0.05, 0.1) is 12.1 Å². The van der Waals surface area contributed by atoms with Crippen LogP contribution in [-0.4, -0.2) is 4.57 Å². The van der Waals surface area contributed by atoms with Crippen LogP contribution in [0.2, 0.25) is 5.02 Å². The summed E-state index contributed by atoms with van der Waals surface area (Å²) < 4.78 is 6.77. The Labute approximate surface area is 108 Å². The molecule has 0 atom stereocenters. The Morgan fingerprint density at radius 1 is 1.11 bits per heavy atom. The van der Waals surface area contributed by atoms with Crippen molar-refractivity contribution in [3.05, 3.63) is 69.7 Å². The standard InChI is InChI=1S/C14H10ClNO2/c15-11-6-7-12-13(8-11)18-14(17)16(12)9-10-4-2-1-3-5-10/h1-8H,9H2. The molecule has 3 nitrogen and oxygen atoms in total. The van der Waals surface area contributed by atoms with Crippen molar-refractivity contribution >= 4 is 22.7 Å². The normalized spacial score (nSPS) is 10.9. The third kappa shape index (κ3) is 1.93. The summed E-state index contributed by atoms with van der Waals surface area (Å²) in [5.41, 5.74) is 2.33. The van der Waals surface area contributed by atoms with Crippen molar-refractivity contribution in [1.29, 1.82) is 0 Å². The van der Waals surface area contributed by atoms with Crippen LogP contribution >= 0.6 is 11.6 Å². The van der Waals surface area contributed by atoms with Gasteiger partial charge in [0, 0.05) is 11.1 Å². The van der Waals surface area contributed by atoms with Gasteiger partial charge in [-0.2, -0.15) is 0 Å². The molecule has 0 unspecified atom stereocenters. The number of aromatic nitrogens is 1. The molecule has 90 valence electrons. The molecule has 3 aromatic rings. The first-order valence-electron chi connectivity index (χ1n) is 5.57. The van der Waals surface area contributed by atoms with Crippen molar-refractivity contribution in [1.82, 2.24) is 4.57 Å². The lowest BCUT2D eigenvalue weighted by molar-refractivity contribution is 0.518. The first-order valence-corrected chi connectivity index (χ1v) is 5.95. The number of fused-ring (bicyclic) bond motifs is 1. The molecule has 0 aliphatic heterocycles. The summed E-state index contributed by atoms with van der Waals surface area (Å²) in [6, 6.07) is 15.0. The Bertz CT molecular complexity index is 743. The number of oxazole rings is 1. The predicted octanol–water partition coefficient (Wildman–Crippen LogP) is 3.30. The smallest absolute Gasteiger partial charge is 0.408 e. The van der Waals surface area contributed by atoms with Crippen molar-refractivity contribution in [3.63, 3.8) is 0 Å². The molecule has 0 spiro atoms. The molecular formula is C14H10ClNO2. The van der Waals surface area contributed by atoms with Crippen molar-refractivity contribution in [2.75, 3.05) is 0 Å². The first-order chi connectivity index (χ1) is 8.74. The highest BCUT2D eigenvalue weighted by molar-refractivity contribution is 6.31. The lowest BCUT2D eigenvalue weighted by Crippen LogP contribution is -2.14. The molecular weight excluding hydrogens is 250 g/mol. The maximum absolute atomic E-state index is 11.8. The van der Waals surface area contributed by atoms with Gasteiger partial charge in [-0.15, -0.1) is 0 Å².